The van der Waals surface area contributed by atoms with Gasteiger partial charge in [0, 0.05) is 11.9 Å². The molecule has 0 spiro atoms. The SMILES string of the molecule is O=C1/C(=C\c2ccc[nH]2)SC(=S)N1NS(=O)(=O)c1ccccc1. The van der Waals surface area contributed by atoms with Crippen LogP contribution in [0.25, 0.3) is 6.08 Å². The fourth-order valence-corrected chi connectivity index (χ4v) is 4.22. The third-order valence-electron chi connectivity index (χ3n) is 2.97. The van der Waals surface area contributed by atoms with Crippen molar-refractivity contribution >= 4 is 50.3 Å². The summed E-state index contributed by atoms with van der Waals surface area (Å²) in [7, 11) is -3.88. The number of sulfonamides is 1. The minimum atomic E-state index is -3.88. The largest absolute Gasteiger partial charge is 0.362 e. The number of carbonyl (C=O) groups is 1. The maximum absolute atomic E-state index is 12.4. The third kappa shape index (κ3) is 3.37. The van der Waals surface area contributed by atoms with Gasteiger partial charge in [0.25, 0.3) is 15.9 Å². The first-order valence-corrected chi connectivity index (χ1v) is 9.17. The molecule has 0 aliphatic carbocycles. The standard InChI is InChI=1S/C14H11N3O3S3/c18-13-12(9-10-5-4-8-15-10)22-14(21)17(13)16-23(19,20)11-6-2-1-3-7-11/h1-9,15-16H/b12-9+. The Balaban J connectivity index is 1.84. The highest BCUT2D eigenvalue weighted by Gasteiger charge is 2.35. The van der Waals surface area contributed by atoms with E-state index in [-0.39, 0.29) is 9.22 Å². The Labute approximate surface area is 142 Å². The minimum absolute atomic E-state index is 0.0578. The molecule has 1 aliphatic heterocycles. The lowest BCUT2D eigenvalue weighted by Crippen LogP contribution is -2.44. The van der Waals surface area contributed by atoms with Crippen LogP contribution in [-0.2, 0) is 14.8 Å². The second-order valence-corrected chi connectivity index (χ2v) is 7.89. The lowest BCUT2D eigenvalue weighted by molar-refractivity contribution is -0.123. The van der Waals surface area contributed by atoms with E-state index < -0.39 is 15.9 Å². The van der Waals surface area contributed by atoms with Crippen LogP contribution in [0.1, 0.15) is 5.69 Å². The van der Waals surface area contributed by atoms with Crippen molar-refractivity contribution in [2.24, 2.45) is 0 Å². The molecule has 1 aliphatic rings. The zero-order valence-electron chi connectivity index (χ0n) is 11.6. The van der Waals surface area contributed by atoms with Crippen molar-refractivity contribution in [3.63, 3.8) is 0 Å². The first-order valence-electron chi connectivity index (χ1n) is 6.46. The lowest BCUT2D eigenvalue weighted by atomic mass is 10.3. The van der Waals surface area contributed by atoms with Crippen LogP contribution in [0.4, 0.5) is 0 Å². The summed E-state index contributed by atoms with van der Waals surface area (Å²) in [4.78, 5) is 17.9. The smallest absolute Gasteiger partial charge is 0.281 e. The van der Waals surface area contributed by atoms with Crippen molar-refractivity contribution < 1.29 is 13.2 Å². The lowest BCUT2D eigenvalue weighted by Gasteiger charge is -2.15. The van der Waals surface area contributed by atoms with E-state index in [0.29, 0.717) is 4.91 Å². The van der Waals surface area contributed by atoms with Crippen molar-refractivity contribution in [1.29, 1.82) is 0 Å². The summed E-state index contributed by atoms with van der Waals surface area (Å²) in [6.45, 7) is 0. The Morgan fingerprint density at radius 1 is 1.17 bits per heavy atom. The molecule has 0 unspecified atom stereocenters. The summed E-state index contributed by atoms with van der Waals surface area (Å²) in [5, 5.41) is 0.872. The number of thiocarbonyl (C=S) groups is 1. The Hall–Kier alpha value is -1.94. The van der Waals surface area contributed by atoms with Crippen molar-refractivity contribution in [3.8, 4) is 0 Å². The molecule has 0 bridgehead atoms. The van der Waals surface area contributed by atoms with Crippen molar-refractivity contribution in [1.82, 2.24) is 14.8 Å². The zero-order chi connectivity index (χ0) is 16.4. The van der Waals surface area contributed by atoms with E-state index >= 15 is 0 Å². The highest BCUT2D eigenvalue weighted by molar-refractivity contribution is 8.26. The Bertz CT molecular complexity index is 875. The second kappa shape index (κ2) is 6.28. The van der Waals surface area contributed by atoms with Gasteiger partial charge in [-0.1, -0.05) is 42.2 Å². The van der Waals surface area contributed by atoms with Crippen molar-refractivity contribution in [2.45, 2.75) is 4.90 Å². The van der Waals surface area contributed by atoms with E-state index in [2.05, 4.69) is 9.82 Å². The molecule has 1 fully saturated rings. The number of aromatic amines is 1. The fraction of sp³-hybridized carbons (Fsp3) is 0. The monoisotopic (exact) mass is 365 g/mol. The van der Waals surface area contributed by atoms with E-state index in [9.17, 15) is 13.2 Å². The van der Waals surface area contributed by atoms with Gasteiger partial charge in [-0.15, -0.1) is 4.83 Å². The molecule has 0 atom stereocenters. The predicted molar refractivity (Wildman–Crippen MR) is 92.6 cm³/mol. The van der Waals surface area contributed by atoms with E-state index in [1.807, 2.05) is 0 Å². The summed E-state index contributed by atoms with van der Waals surface area (Å²) >= 11 is 6.14. The van der Waals surface area contributed by atoms with E-state index in [1.54, 1.807) is 42.6 Å². The van der Waals surface area contributed by atoms with Crippen LogP contribution in [0.2, 0.25) is 0 Å². The number of aromatic nitrogens is 1. The number of hydrogen-bond donors (Lipinski definition) is 2. The molecule has 2 aromatic rings. The molecule has 0 radical (unpaired) electrons. The number of nitrogens with one attached hydrogen (secondary N) is 2. The molecule has 0 saturated carbocycles. The Morgan fingerprint density at radius 2 is 1.91 bits per heavy atom. The molecule has 23 heavy (non-hydrogen) atoms. The molecule has 118 valence electrons. The van der Waals surface area contributed by atoms with Crippen molar-refractivity contribution in [3.05, 3.63) is 59.3 Å². The summed E-state index contributed by atoms with van der Waals surface area (Å²) in [6, 6.07) is 11.4. The van der Waals surface area contributed by atoms with Crippen molar-refractivity contribution in [2.75, 3.05) is 0 Å². The first kappa shape index (κ1) is 15.9. The number of amides is 1. The van der Waals surface area contributed by atoms with Crippen LogP contribution < -0.4 is 4.83 Å². The van der Waals surface area contributed by atoms with Gasteiger partial charge >= 0.3 is 0 Å². The van der Waals surface area contributed by atoms with Crippen LogP contribution in [0.3, 0.4) is 0 Å². The topological polar surface area (TPSA) is 82.3 Å². The maximum atomic E-state index is 12.4. The predicted octanol–water partition coefficient (Wildman–Crippen LogP) is 2.11. The van der Waals surface area contributed by atoms with Crippen LogP contribution in [0.5, 0.6) is 0 Å². The number of nitrogens with zero attached hydrogens (tertiary/aromatic N) is 1. The summed E-state index contributed by atoms with van der Waals surface area (Å²) in [5.74, 6) is -0.505. The second-order valence-electron chi connectivity index (χ2n) is 4.55. The molecule has 1 aromatic carbocycles. The highest BCUT2D eigenvalue weighted by atomic mass is 32.2. The maximum Gasteiger partial charge on any atom is 0.281 e. The number of hydrogen-bond acceptors (Lipinski definition) is 5. The molecule has 2 N–H and O–H groups in total. The third-order valence-corrected chi connectivity index (χ3v) is 5.59. The number of thioether (sulfide) groups is 1. The highest BCUT2D eigenvalue weighted by Crippen LogP contribution is 2.31. The summed E-state index contributed by atoms with van der Waals surface area (Å²) < 4.78 is 24.7. The average Bonchev–Trinajstić information content (AvgIpc) is 3.13. The molecule has 3 rings (SSSR count). The first-order chi connectivity index (χ1) is 11.0. The summed E-state index contributed by atoms with van der Waals surface area (Å²) in [5.41, 5.74) is 0.733. The van der Waals surface area contributed by atoms with Crippen LogP contribution in [0.15, 0.2) is 58.5 Å². The van der Waals surface area contributed by atoms with Crippen LogP contribution >= 0.6 is 24.0 Å². The van der Waals surface area contributed by atoms with E-state index in [4.69, 9.17) is 12.2 Å². The normalized spacial score (nSPS) is 17.2. The van der Waals surface area contributed by atoms with E-state index in [1.165, 1.54) is 12.1 Å². The van der Waals surface area contributed by atoms with Gasteiger partial charge in [0.15, 0.2) is 4.32 Å². The van der Waals surface area contributed by atoms with Crippen LogP contribution in [0, 0.1) is 0 Å². The van der Waals surface area contributed by atoms with Crippen LogP contribution in [-0.4, -0.2) is 28.6 Å². The molecular formula is C14H11N3O3S3. The van der Waals surface area contributed by atoms with E-state index in [0.717, 1.165) is 22.5 Å². The van der Waals surface area contributed by atoms with Gasteiger partial charge in [-0.05, 0) is 30.3 Å². The molecule has 9 heteroatoms. The molecule has 1 amide bonds. The Morgan fingerprint density at radius 3 is 2.57 bits per heavy atom. The van der Waals surface area contributed by atoms with Gasteiger partial charge in [0.1, 0.15) is 0 Å². The summed E-state index contributed by atoms with van der Waals surface area (Å²) in [6.07, 6.45) is 3.35. The van der Waals surface area contributed by atoms with Gasteiger partial charge in [-0.25, -0.2) is 13.4 Å². The fourth-order valence-electron chi connectivity index (χ4n) is 1.89. The number of carbonyl (C=O) groups excluding carboxylic acids is 1. The van der Waals surface area contributed by atoms with Gasteiger partial charge in [-0.2, -0.15) is 0 Å². The molecular weight excluding hydrogens is 354 g/mol. The molecule has 2 heterocycles. The average molecular weight is 365 g/mol. The van der Waals surface area contributed by atoms with Gasteiger partial charge in [0.2, 0.25) is 0 Å². The quantitative estimate of drug-likeness (QED) is 0.641. The molecule has 6 nitrogen and oxygen atoms in total. The number of rotatable bonds is 4. The Kier molecular flexibility index (Phi) is 4.35. The minimum Gasteiger partial charge on any atom is -0.362 e. The van der Waals surface area contributed by atoms with Gasteiger partial charge < -0.3 is 4.98 Å². The van der Waals surface area contributed by atoms with Gasteiger partial charge in [-0.3, -0.25) is 4.79 Å². The molecule has 1 saturated heterocycles. The number of H-pyrrole nitrogens is 1. The number of benzene rings is 1. The van der Waals surface area contributed by atoms with Gasteiger partial charge in [0.05, 0.1) is 9.80 Å². The number of hydrazine groups is 1. The zero-order valence-corrected chi connectivity index (χ0v) is 14.0. The molecule has 1 aromatic heterocycles.